The molecular formula is C10H9F3N4. The molecule has 0 spiro atoms. The third kappa shape index (κ3) is 2.22. The van der Waals surface area contributed by atoms with Gasteiger partial charge in [-0.05, 0) is 18.6 Å². The van der Waals surface area contributed by atoms with Crippen LogP contribution in [0, 0.1) is 6.92 Å². The summed E-state index contributed by atoms with van der Waals surface area (Å²) in [6.45, 7) is 1.74. The zero-order chi connectivity index (χ0) is 12.6. The van der Waals surface area contributed by atoms with Gasteiger partial charge in [0.15, 0.2) is 5.82 Å². The number of halogens is 3. The molecule has 0 aliphatic rings. The fraction of sp³-hybridized carbons (Fsp3) is 0.200. The molecule has 0 saturated carbocycles. The molecule has 2 rings (SSSR count). The minimum absolute atomic E-state index is 0.298. The Morgan fingerprint density at radius 1 is 1.29 bits per heavy atom. The number of nitrogens with two attached hydrogens (primary N) is 1. The van der Waals surface area contributed by atoms with Crippen LogP contribution in [0.2, 0.25) is 0 Å². The number of nitrogen functional groups attached to an aromatic ring is 1. The fourth-order valence-electron chi connectivity index (χ4n) is 1.27. The highest BCUT2D eigenvalue weighted by atomic mass is 19.4. The first-order chi connectivity index (χ1) is 7.88. The first kappa shape index (κ1) is 11.4. The summed E-state index contributed by atoms with van der Waals surface area (Å²) in [7, 11) is 0. The van der Waals surface area contributed by atoms with Gasteiger partial charge >= 0.3 is 6.18 Å². The normalized spacial score (nSPS) is 11.8. The predicted octanol–water partition coefficient (Wildman–Crippen LogP) is 2.18. The molecule has 17 heavy (non-hydrogen) atoms. The van der Waals surface area contributed by atoms with Crippen LogP contribution in [0.25, 0.3) is 5.82 Å². The Balaban J connectivity index is 2.40. The number of hydrogen-bond acceptors (Lipinski definition) is 3. The molecule has 0 aliphatic heterocycles. The number of pyridine rings is 1. The van der Waals surface area contributed by atoms with Crippen LogP contribution in [0.4, 0.5) is 18.9 Å². The van der Waals surface area contributed by atoms with Crippen molar-refractivity contribution in [2.45, 2.75) is 13.1 Å². The van der Waals surface area contributed by atoms with Gasteiger partial charge < -0.3 is 5.73 Å². The maximum atomic E-state index is 12.4. The maximum absolute atomic E-state index is 12.4. The van der Waals surface area contributed by atoms with E-state index in [4.69, 9.17) is 5.73 Å². The van der Waals surface area contributed by atoms with E-state index in [0.717, 1.165) is 22.6 Å². The fourth-order valence-corrected chi connectivity index (χ4v) is 1.27. The van der Waals surface area contributed by atoms with Gasteiger partial charge in [-0.15, -0.1) is 0 Å². The summed E-state index contributed by atoms with van der Waals surface area (Å²) in [6.07, 6.45) is -1.37. The average Bonchev–Trinajstić information content (AvgIpc) is 2.70. The van der Waals surface area contributed by atoms with E-state index in [0.29, 0.717) is 11.5 Å². The molecule has 7 heteroatoms. The Morgan fingerprint density at radius 2 is 2.00 bits per heavy atom. The molecule has 0 radical (unpaired) electrons. The van der Waals surface area contributed by atoms with E-state index < -0.39 is 11.7 Å². The third-order valence-electron chi connectivity index (χ3n) is 2.28. The Hall–Kier alpha value is -2.05. The standard InChI is InChI=1S/C10H9F3N4/c1-6-2-9(15-4-8(6)14)17-5-7(3-16-17)10(11,12)13/h2-5H,14H2,1H3. The van der Waals surface area contributed by atoms with Gasteiger partial charge in [0.05, 0.1) is 23.6 Å². The summed E-state index contributed by atoms with van der Waals surface area (Å²) in [5.74, 6) is 0.298. The number of aryl methyl sites for hydroxylation is 1. The Labute approximate surface area is 94.9 Å². The van der Waals surface area contributed by atoms with Crippen molar-refractivity contribution >= 4 is 5.69 Å². The highest BCUT2D eigenvalue weighted by Crippen LogP contribution is 2.29. The van der Waals surface area contributed by atoms with E-state index in [1.165, 1.54) is 6.20 Å². The summed E-state index contributed by atoms with van der Waals surface area (Å²) < 4.78 is 38.2. The second kappa shape index (κ2) is 3.76. The summed E-state index contributed by atoms with van der Waals surface area (Å²) in [4.78, 5) is 3.91. The molecule has 0 unspecified atom stereocenters. The van der Waals surface area contributed by atoms with Crippen LogP contribution < -0.4 is 5.73 Å². The summed E-state index contributed by atoms with van der Waals surface area (Å²) in [5.41, 5.74) is 5.98. The summed E-state index contributed by atoms with van der Waals surface area (Å²) in [6, 6.07) is 1.57. The van der Waals surface area contributed by atoms with Gasteiger partial charge in [-0.1, -0.05) is 0 Å². The van der Waals surface area contributed by atoms with E-state index in [1.54, 1.807) is 13.0 Å². The first-order valence-corrected chi connectivity index (χ1v) is 4.72. The van der Waals surface area contributed by atoms with Gasteiger partial charge in [-0.2, -0.15) is 18.3 Å². The van der Waals surface area contributed by atoms with Gasteiger partial charge in [0.25, 0.3) is 0 Å². The maximum Gasteiger partial charge on any atom is 0.419 e. The lowest BCUT2D eigenvalue weighted by Gasteiger charge is -2.04. The zero-order valence-electron chi connectivity index (χ0n) is 8.86. The molecule has 0 aliphatic carbocycles. The molecule has 2 aromatic rings. The first-order valence-electron chi connectivity index (χ1n) is 4.72. The molecule has 0 bridgehead atoms. The lowest BCUT2D eigenvalue weighted by Crippen LogP contribution is -2.04. The molecule has 0 saturated heterocycles. The minimum Gasteiger partial charge on any atom is -0.397 e. The van der Waals surface area contributed by atoms with Crippen LogP contribution in [-0.4, -0.2) is 14.8 Å². The van der Waals surface area contributed by atoms with E-state index in [2.05, 4.69) is 10.1 Å². The van der Waals surface area contributed by atoms with Crippen LogP contribution in [0.3, 0.4) is 0 Å². The number of alkyl halides is 3. The van der Waals surface area contributed by atoms with Gasteiger partial charge in [0, 0.05) is 6.20 Å². The summed E-state index contributed by atoms with van der Waals surface area (Å²) >= 11 is 0. The second-order valence-electron chi connectivity index (χ2n) is 3.57. The van der Waals surface area contributed by atoms with Crippen molar-refractivity contribution in [2.24, 2.45) is 0 Å². The van der Waals surface area contributed by atoms with Crippen molar-refractivity contribution in [2.75, 3.05) is 5.73 Å². The highest BCUT2D eigenvalue weighted by molar-refractivity contribution is 5.47. The zero-order valence-corrected chi connectivity index (χ0v) is 8.86. The second-order valence-corrected chi connectivity index (χ2v) is 3.57. The van der Waals surface area contributed by atoms with Gasteiger partial charge in [0.2, 0.25) is 0 Å². The van der Waals surface area contributed by atoms with Crippen molar-refractivity contribution in [1.82, 2.24) is 14.8 Å². The van der Waals surface area contributed by atoms with Crippen LogP contribution in [0.1, 0.15) is 11.1 Å². The van der Waals surface area contributed by atoms with Crippen LogP contribution in [0.5, 0.6) is 0 Å². The monoisotopic (exact) mass is 242 g/mol. The van der Waals surface area contributed by atoms with Crippen LogP contribution in [-0.2, 0) is 6.18 Å². The number of anilines is 1. The molecule has 0 atom stereocenters. The molecule has 0 amide bonds. The predicted molar refractivity (Wildman–Crippen MR) is 55.5 cm³/mol. The molecular weight excluding hydrogens is 233 g/mol. The van der Waals surface area contributed by atoms with E-state index in [1.807, 2.05) is 0 Å². The number of hydrogen-bond donors (Lipinski definition) is 1. The average molecular weight is 242 g/mol. The molecule has 2 aromatic heterocycles. The third-order valence-corrected chi connectivity index (χ3v) is 2.28. The van der Waals surface area contributed by atoms with Gasteiger partial charge in [-0.3, -0.25) is 0 Å². The Kier molecular flexibility index (Phi) is 2.53. The molecule has 0 aromatic carbocycles. The molecule has 2 N–H and O–H groups in total. The molecule has 0 fully saturated rings. The van der Waals surface area contributed by atoms with E-state index >= 15 is 0 Å². The number of rotatable bonds is 1. The molecule has 4 nitrogen and oxygen atoms in total. The van der Waals surface area contributed by atoms with Crippen molar-refractivity contribution < 1.29 is 13.2 Å². The van der Waals surface area contributed by atoms with Crippen molar-refractivity contribution in [1.29, 1.82) is 0 Å². The summed E-state index contributed by atoms with van der Waals surface area (Å²) in [5, 5.41) is 3.62. The lowest BCUT2D eigenvalue weighted by molar-refractivity contribution is -0.137. The Bertz CT molecular complexity index is 545. The number of nitrogens with zero attached hydrogens (tertiary/aromatic N) is 3. The van der Waals surface area contributed by atoms with Crippen molar-refractivity contribution in [3.8, 4) is 5.82 Å². The number of aromatic nitrogens is 3. The van der Waals surface area contributed by atoms with E-state index in [-0.39, 0.29) is 0 Å². The topological polar surface area (TPSA) is 56.7 Å². The van der Waals surface area contributed by atoms with Crippen LogP contribution in [0.15, 0.2) is 24.7 Å². The van der Waals surface area contributed by atoms with Crippen molar-refractivity contribution in [3.63, 3.8) is 0 Å². The Morgan fingerprint density at radius 3 is 2.53 bits per heavy atom. The van der Waals surface area contributed by atoms with Crippen LogP contribution >= 0.6 is 0 Å². The van der Waals surface area contributed by atoms with Gasteiger partial charge in [-0.25, -0.2) is 9.67 Å². The largest absolute Gasteiger partial charge is 0.419 e. The van der Waals surface area contributed by atoms with Crippen molar-refractivity contribution in [3.05, 3.63) is 35.8 Å². The highest BCUT2D eigenvalue weighted by Gasteiger charge is 2.32. The van der Waals surface area contributed by atoms with Gasteiger partial charge in [0.1, 0.15) is 0 Å². The molecule has 2 heterocycles. The quantitative estimate of drug-likeness (QED) is 0.833. The lowest BCUT2D eigenvalue weighted by atomic mass is 10.2. The van der Waals surface area contributed by atoms with E-state index in [9.17, 15) is 13.2 Å². The smallest absolute Gasteiger partial charge is 0.397 e. The minimum atomic E-state index is -4.40. The SMILES string of the molecule is Cc1cc(-n2cc(C(F)(F)F)cn2)ncc1N. The molecule has 90 valence electrons.